The van der Waals surface area contributed by atoms with Gasteiger partial charge in [0.15, 0.2) is 0 Å². The Morgan fingerprint density at radius 2 is 2.18 bits per heavy atom. The number of esters is 1. The second kappa shape index (κ2) is 4.50. The highest BCUT2D eigenvalue weighted by atomic mass is 16.6. The van der Waals surface area contributed by atoms with Crippen LogP contribution in [0.15, 0.2) is 23.5 Å². The SMILES string of the molecule is CC=C[C@@H]1O[C@H]2C(=C(OC)[C@H]1O)C(=O)O[C@H]2C. The molecule has 5 heteroatoms. The van der Waals surface area contributed by atoms with E-state index in [9.17, 15) is 9.90 Å². The van der Waals surface area contributed by atoms with Crippen LogP contribution >= 0.6 is 0 Å². The van der Waals surface area contributed by atoms with Crippen LogP contribution in [0.4, 0.5) is 0 Å². The van der Waals surface area contributed by atoms with Crippen LogP contribution in [-0.4, -0.2) is 42.6 Å². The van der Waals surface area contributed by atoms with Gasteiger partial charge in [0.05, 0.1) is 7.11 Å². The highest BCUT2D eigenvalue weighted by Gasteiger charge is 2.48. The Morgan fingerprint density at radius 3 is 2.76 bits per heavy atom. The number of aliphatic hydroxyl groups excluding tert-OH is 1. The van der Waals surface area contributed by atoms with E-state index in [1.807, 2.05) is 6.92 Å². The standard InChI is InChI=1S/C12H16O5/c1-4-5-7-9(13)11(15-3)8-10(17-7)6(2)16-12(8)14/h4-7,9-10,13H,1-3H3/t6-,7-,9-,10+/m0/s1. The van der Waals surface area contributed by atoms with Gasteiger partial charge in [-0.25, -0.2) is 4.79 Å². The monoisotopic (exact) mass is 240 g/mol. The Hall–Kier alpha value is -1.33. The average Bonchev–Trinajstić information content (AvgIpc) is 2.56. The Balaban J connectivity index is 2.42. The molecule has 0 saturated carbocycles. The molecule has 1 N–H and O–H groups in total. The first-order chi connectivity index (χ1) is 8.10. The molecule has 0 aromatic rings. The lowest BCUT2D eigenvalue weighted by Gasteiger charge is -2.31. The normalized spacial score (nSPS) is 37.3. The van der Waals surface area contributed by atoms with Gasteiger partial charge in [-0.2, -0.15) is 0 Å². The van der Waals surface area contributed by atoms with E-state index in [4.69, 9.17) is 14.2 Å². The molecular weight excluding hydrogens is 224 g/mol. The van der Waals surface area contributed by atoms with Crippen molar-refractivity contribution in [3.05, 3.63) is 23.5 Å². The summed E-state index contributed by atoms with van der Waals surface area (Å²) in [6.45, 7) is 3.59. The number of cyclic esters (lactones) is 1. The van der Waals surface area contributed by atoms with Crippen molar-refractivity contribution in [2.45, 2.75) is 38.3 Å². The predicted molar refractivity (Wildman–Crippen MR) is 59.1 cm³/mol. The summed E-state index contributed by atoms with van der Waals surface area (Å²) in [5, 5.41) is 10.0. The number of hydrogen-bond donors (Lipinski definition) is 1. The number of rotatable bonds is 2. The third-order valence-corrected chi connectivity index (χ3v) is 2.97. The first-order valence-electron chi connectivity index (χ1n) is 5.55. The van der Waals surface area contributed by atoms with Crippen LogP contribution in [-0.2, 0) is 19.0 Å². The fourth-order valence-corrected chi connectivity index (χ4v) is 2.19. The van der Waals surface area contributed by atoms with Crippen LogP contribution in [0, 0.1) is 0 Å². The zero-order valence-electron chi connectivity index (χ0n) is 10.0. The molecule has 0 radical (unpaired) electrons. The lowest BCUT2D eigenvalue weighted by molar-refractivity contribution is -0.139. The second-order valence-electron chi connectivity index (χ2n) is 4.08. The molecule has 0 aliphatic carbocycles. The van der Waals surface area contributed by atoms with Gasteiger partial charge in [-0.3, -0.25) is 0 Å². The molecule has 17 heavy (non-hydrogen) atoms. The number of fused-ring (bicyclic) bond motifs is 1. The van der Waals surface area contributed by atoms with E-state index in [0.29, 0.717) is 5.57 Å². The summed E-state index contributed by atoms with van der Waals surface area (Å²) in [6, 6.07) is 0. The van der Waals surface area contributed by atoms with E-state index < -0.39 is 24.3 Å². The number of carbonyl (C=O) groups excluding carboxylic acids is 1. The molecule has 1 fully saturated rings. The van der Waals surface area contributed by atoms with Crippen molar-refractivity contribution in [3.63, 3.8) is 0 Å². The van der Waals surface area contributed by atoms with Gasteiger partial charge in [0.25, 0.3) is 0 Å². The molecule has 0 spiro atoms. The Labute approximate surface area is 99.7 Å². The fourth-order valence-electron chi connectivity index (χ4n) is 2.19. The zero-order valence-corrected chi connectivity index (χ0v) is 10.0. The topological polar surface area (TPSA) is 65.0 Å². The molecule has 5 nitrogen and oxygen atoms in total. The summed E-state index contributed by atoms with van der Waals surface area (Å²) in [5.41, 5.74) is 0.299. The maximum Gasteiger partial charge on any atom is 0.340 e. The molecular formula is C12H16O5. The van der Waals surface area contributed by atoms with Crippen molar-refractivity contribution < 1.29 is 24.1 Å². The minimum absolute atomic E-state index is 0.249. The molecule has 0 aromatic carbocycles. The molecule has 1 saturated heterocycles. The highest BCUT2D eigenvalue weighted by molar-refractivity contribution is 5.93. The van der Waals surface area contributed by atoms with Crippen LogP contribution in [0.5, 0.6) is 0 Å². The molecule has 0 bridgehead atoms. The van der Waals surface area contributed by atoms with Crippen molar-refractivity contribution >= 4 is 5.97 Å². The molecule has 2 rings (SSSR count). The molecule has 2 aliphatic heterocycles. The summed E-state index contributed by atoms with van der Waals surface area (Å²) in [6.07, 6.45) is 1.20. The van der Waals surface area contributed by atoms with Crippen molar-refractivity contribution in [2.24, 2.45) is 0 Å². The van der Waals surface area contributed by atoms with E-state index in [1.165, 1.54) is 7.11 Å². The molecule has 4 atom stereocenters. The van der Waals surface area contributed by atoms with Crippen molar-refractivity contribution in [2.75, 3.05) is 7.11 Å². The zero-order chi connectivity index (χ0) is 12.6. The minimum Gasteiger partial charge on any atom is -0.498 e. The van der Waals surface area contributed by atoms with E-state index in [0.717, 1.165) is 0 Å². The number of carbonyl (C=O) groups is 1. The van der Waals surface area contributed by atoms with Crippen LogP contribution < -0.4 is 0 Å². The maximum atomic E-state index is 11.6. The molecule has 2 heterocycles. The van der Waals surface area contributed by atoms with Crippen LogP contribution in [0.1, 0.15) is 13.8 Å². The van der Waals surface area contributed by atoms with E-state index in [1.54, 1.807) is 19.1 Å². The van der Waals surface area contributed by atoms with E-state index in [-0.39, 0.29) is 11.9 Å². The van der Waals surface area contributed by atoms with Crippen LogP contribution in [0.2, 0.25) is 0 Å². The number of ether oxygens (including phenoxy) is 3. The Morgan fingerprint density at radius 1 is 1.47 bits per heavy atom. The van der Waals surface area contributed by atoms with Gasteiger partial charge in [0.2, 0.25) is 0 Å². The van der Waals surface area contributed by atoms with E-state index in [2.05, 4.69) is 0 Å². The quantitative estimate of drug-likeness (QED) is 0.563. The first-order valence-corrected chi connectivity index (χ1v) is 5.55. The number of methoxy groups -OCH3 is 1. The number of aliphatic hydroxyl groups is 1. The van der Waals surface area contributed by atoms with Gasteiger partial charge in [0, 0.05) is 0 Å². The summed E-state index contributed by atoms with van der Waals surface area (Å²) in [5.74, 6) is -0.226. The number of hydrogen-bond acceptors (Lipinski definition) is 5. The summed E-state index contributed by atoms with van der Waals surface area (Å²) >= 11 is 0. The first kappa shape index (κ1) is 12.1. The van der Waals surface area contributed by atoms with Crippen LogP contribution in [0.3, 0.4) is 0 Å². The molecule has 0 unspecified atom stereocenters. The van der Waals surface area contributed by atoms with Gasteiger partial charge >= 0.3 is 5.97 Å². The second-order valence-corrected chi connectivity index (χ2v) is 4.08. The molecule has 2 aliphatic rings. The van der Waals surface area contributed by atoms with Crippen LogP contribution in [0.25, 0.3) is 0 Å². The Bertz CT molecular complexity index is 384. The minimum atomic E-state index is -0.972. The smallest absolute Gasteiger partial charge is 0.340 e. The largest absolute Gasteiger partial charge is 0.498 e. The fraction of sp³-hybridized carbons (Fsp3) is 0.583. The average molecular weight is 240 g/mol. The third kappa shape index (κ3) is 1.85. The number of allylic oxidation sites excluding steroid dienone is 1. The van der Waals surface area contributed by atoms with Gasteiger partial charge in [0.1, 0.15) is 35.7 Å². The van der Waals surface area contributed by atoms with Crippen molar-refractivity contribution in [1.82, 2.24) is 0 Å². The predicted octanol–water partition coefficient (Wildman–Crippen LogP) is 0.537. The third-order valence-electron chi connectivity index (χ3n) is 2.97. The summed E-state index contributed by atoms with van der Waals surface area (Å²) in [4.78, 5) is 11.6. The van der Waals surface area contributed by atoms with Gasteiger partial charge in [-0.1, -0.05) is 12.2 Å². The van der Waals surface area contributed by atoms with Gasteiger partial charge < -0.3 is 19.3 Å². The van der Waals surface area contributed by atoms with Crippen molar-refractivity contribution in [3.8, 4) is 0 Å². The summed E-state index contributed by atoms with van der Waals surface area (Å²) in [7, 11) is 1.43. The molecule has 94 valence electrons. The highest BCUT2D eigenvalue weighted by Crippen LogP contribution is 2.35. The lowest BCUT2D eigenvalue weighted by atomic mass is 9.97. The maximum absolute atomic E-state index is 11.6. The molecule has 0 aromatic heterocycles. The molecule has 0 amide bonds. The lowest BCUT2D eigenvalue weighted by Crippen LogP contribution is -2.42. The van der Waals surface area contributed by atoms with E-state index >= 15 is 0 Å². The van der Waals surface area contributed by atoms with Gasteiger partial charge in [-0.15, -0.1) is 0 Å². The van der Waals surface area contributed by atoms with Crippen molar-refractivity contribution in [1.29, 1.82) is 0 Å². The van der Waals surface area contributed by atoms with Gasteiger partial charge in [-0.05, 0) is 13.8 Å². The Kier molecular flexibility index (Phi) is 3.22. The summed E-state index contributed by atoms with van der Waals surface area (Å²) < 4.78 is 15.9.